The Bertz CT molecular complexity index is 666. The van der Waals surface area contributed by atoms with Crippen LogP contribution in [0.1, 0.15) is 40.0 Å². The summed E-state index contributed by atoms with van der Waals surface area (Å²) in [6, 6.07) is 0. The summed E-state index contributed by atoms with van der Waals surface area (Å²) in [6.07, 6.45) is 0.813. The third-order valence-electron chi connectivity index (χ3n) is 5.41. The van der Waals surface area contributed by atoms with E-state index >= 15 is 0 Å². The molecule has 6 nitrogen and oxygen atoms in total. The summed E-state index contributed by atoms with van der Waals surface area (Å²) in [6.45, 7) is 6.54. The molecule has 1 heterocycles. The van der Waals surface area contributed by atoms with Crippen molar-refractivity contribution in [1.29, 1.82) is 0 Å². The van der Waals surface area contributed by atoms with E-state index in [1.54, 1.807) is 20.8 Å². The first-order chi connectivity index (χ1) is 11.9. The second-order valence-electron chi connectivity index (χ2n) is 6.82. The lowest BCUT2D eigenvalue weighted by Crippen LogP contribution is -2.40. The highest BCUT2D eigenvalue weighted by molar-refractivity contribution is 6.04. The molecule has 0 aromatic carbocycles. The van der Waals surface area contributed by atoms with E-state index in [1.807, 2.05) is 0 Å². The molecule has 0 spiro atoms. The Kier molecular flexibility index (Phi) is 4.82. The molecule has 0 bridgehead atoms. The fourth-order valence-electron chi connectivity index (χ4n) is 4.05. The first-order valence-electron chi connectivity index (χ1n) is 8.82. The summed E-state index contributed by atoms with van der Waals surface area (Å²) in [5.41, 5.74) is 2.03. The van der Waals surface area contributed by atoms with E-state index in [4.69, 9.17) is 14.2 Å². The van der Waals surface area contributed by atoms with Gasteiger partial charge in [0.05, 0.1) is 26.4 Å². The van der Waals surface area contributed by atoms with Crippen LogP contribution in [0.15, 0.2) is 22.3 Å². The predicted octanol–water partition coefficient (Wildman–Crippen LogP) is 2.13. The molecular formula is C19H24O6. The lowest BCUT2D eigenvalue weighted by molar-refractivity contribution is -0.171. The SMILES string of the molecule is CCOC(=O)C1(C(=O)OCC)CC2=C(C)C(=O)CC3COCC3=C2C1. The number of hydrogen-bond donors (Lipinski definition) is 0. The summed E-state index contributed by atoms with van der Waals surface area (Å²) in [7, 11) is 0. The van der Waals surface area contributed by atoms with Gasteiger partial charge in [0.2, 0.25) is 0 Å². The highest BCUT2D eigenvalue weighted by atomic mass is 16.6. The molecule has 6 heteroatoms. The van der Waals surface area contributed by atoms with Crippen LogP contribution in [0.2, 0.25) is 0 Å². The maximum Gasteiger partial charge on any atom is 0.324 e. The lowest BCUT2D eigenvalue weighted by atomic mass is 9.84. The zero-order chi connectivity index (χ0) is 18.2. The smallest absolute Gasteiger partial charge is 0.324 e. The van der Waals surface area contributed by atoms with Gasteiger partial charge in [0.1, 0.15) is 0 Å². The fraction of sp³-hybridized carbons (Fsp3) is 0.632. The molecule has 0 radical (unpaired) electrons. The minimum absolute atomic E-state index is 0.0372. The molecule has 1 unspecified atom stereocenters. The van der Waals surface area contributed by atoms with Gasteiger partial charge in [-0.2, -0.15) is 0 Å². The first kappa shape index (κ1) is 17.9. The van der Waals surface area contributed by atoms with E-state index in [0.717, 1.165) is 16.7 Å². The minimum Gasteiger partial charge on any atom is -0.465 e. The Morgan fingerprint density at radius 2 is 1.72 bits per heavy atom. The van der Waals surface area contributed by atoms with Gasteiger partial charge in [-0.1, -0.05) is 0 Å². The zero-order valence-electron chi connectivity index (χ0n) is 15.0. The van der Waals surface area contributed by atoms with Gasteiger partial charge < -0.3 is 14.2 Å². The summed E-state index contributed by atoms with van der Waals surface area (Å²) in [5, 5.41) is 0. The maximum absolute atomic E-state index is 12.7. The molecule has 1 saturated heterocycles. The standard InChI is InChI=1S/C19H24O6/c1-4-24-17(21)19(18(22)25-5-2)7-13-11(3)16(20)6-12-9-23-10-15(12)14(13)8-19/h12H,4-10H2,1-3H3. The van der Waals surface area contributed by atoms with Crippen molar-refractivity contribution in [2.45, 2.75) is 40.0 Å². The number of fused-ring (bicyclic) bond motifs is 2. The van der Waals surface area contributed by atoms with Gasteiger partial charge in [-0.05, 0) is 49.5 Å². The normalized spacial score (nSPS) is 24.8. The van der Waals surface area contributed by atoms with Gasteiger partial charge >= 0.3 is 11.9 Å². The second-order valence-corrected chi connectivity index (χ2v) is 6.82. The average molecular weight is 348 g/mol. The predicted molar refractivity (Wildman–Crippen MR) is 88.6 cm³/mol. The van der Waals surface area contributed by atoms with Crippen molar-refractivity contribution < 1.29 is 28.6 Å². The van der Waals surface area contributed by atoms with Gasteiger partial charge in [-0.15, -0.1) is 0 Å². The van der Waals surface area contributed by atoms with Crippen molar-refractivity contribution in [2.75, 3.05) is 26.4 Å². The van der Waals surface area contributed by atoms with E-state index < -0.39 is 17.4 Å². The van der Waals surface area contributed by atoms with Gasteiger partial charge in [-0.25, -0.2) is 0 Å². The Hall–Kier alpha value is -1.95. The van der Waals surface area contributed by atoms with Crippen LogP contribution < -0.4 is 0 Å². The summed E-state index contributed by atoms with van der Waals surface area (Å²) >= 11 is 0. The molecule has 0 aromatic heterocycles. The Morgan fingerprint density at radius 1 is 1.12 bits per heavy atom. The van der Waals surface area contributed by atoms with E-state index in [-0.39, 0.29) is 37.8 Å². The number of Topliss-reactive ketones (excluding diaryl/α,β-unsaturated/α-hetero) is 1. The van der Waals surface area contributed by atoms with Crippen LogP contribution in [0.4, 0.5) is 0 Å². The van der Waals surface area contributed by atoms with Crippen molar-refractivity contribution >= 4 is 17.7 Å². The van der Waals surface area contributed by atoms with Crippen molar-refractivity contribution in [3.05, 3.63) is 22.3 Å². The molecule has 2 aliphatic carbocycles. The summed E-state index contributed by atoms with van der Waals surface area (Å²) in [4.78, 5) is 37.9. The van der Waals surface area contributed by atoms with E-state index in [0.29, 0.717) is 25.2 Å². The number of carbonyl (C=O) groups excluding carboxylic acids is 3. The number of ether oxygens (including phenoxy) is 3. The fourth-order valence-corrected chi connectivity index (χ4v) is 4.05. The van der Waals surface area contributed by atoms with Crippen LogP contribution >= 0.6 is 0 Å². The van der Waals surface area contributed by atoms with Crippen molar-refractivity contribution in [3.8, 4) is 0 Å². The van der Waals surface area contributed by atoms with Crippen molar-refractivity contribution in [3.63, 3.8) is 0 Å². The van der Waals surface area contributed by atoms with Gasteiger partial charge in [0.15, 0.2) is 11.2 Å². The molecule has 3 aliphatic rings. The van der Waals surface area contributed by atoms with Gasteiger partial charge in [-0.3, -0.25) is 14.4 Å². The van der Waals surface area contributed by atoms with Crippen LogP contribution in [-0.4, -0.2) is 44.1 Å². The summed E-state index contributed by atoms with van der Waals surface area (Å²) < 4.78 is 16.0. The molecule has 136 valence electrons. The number of rotatable bonds is 4. The van der Waals surface area contributed by atoms with Gasteiger partial charge in [0.25, 0.3) is 0 Å². The largest absolute Gasteiger partial charge is 0.465 e. The molecule has 0 N–H and O–H groups in total. The Labute approximate surface area is 147 Å². The molecule has 2 fully saturated rings. The number of ketones is 1. The van der Waals surface area contributed by atoms with Crippen molar-refractivity contribution in [1.82, 2.24) is 0 Å². The Balaban J connectivity index is 2.11. The molecule has 0 aromatic rings. The first-order valence-corrected chi connectivity index (χ1v) is 8.82. The molecule has 1 aliphatic heterocycles. The number of esters is 2. The molecule has 0 amide bonds. The molecular weight excluding hydrogens is 324 g/mol. The number of hydrogen-bond acceptors (Lipinski definition) is 6. The number of allylic oxidation sites excluding steroid dienone is 3. The zero-order valence-corrected chi connectivity index (χ0v) is 15.0. The van der Waals surface area contributed by atoms with Crippen molar-refractivity contribution in [2.24, 2.45) is 11.3 Å². The summed E-state index contributed by atoms with van der Waals surface area (Å²) in [5.74, 6) is -1.05. The molecule has 3 rings (SSSR count). The lowest BCUT2D eigenvalue weighted by Gasteiger charge is -2.24. The number of carbonyl (C=O) groups is 3. The van der Waals surface area contributed by atoms with E-state index in [2.05, 4.69) is 0 Å². The molecule has 1 atom stereocenters. The molecule has 1 saturated carbocycles. The van der Waals surface area contributed by atoms with Crippen LogP contribution in [-0.2, 0) is 28.6 Å². The topological polar surface area (TPSA) is 78.9 Å². The highest BCUT2D eigenvalue weighted by Crippen LogP contribution is 2.52. The monoisotopic (exact) mass is 348 g/mol. The Morgan fingerprint density at radius 3 is 2.32 bits per heavy atom. The van der Waals surface area contributed by atoms with E-state index in [9.17, 15) is 14.4 Å². The third kappa shape index (κ3) is 2.82. The molecule has 25 heavy (non-hydrogen) atoms. The van der Waals surface area contributed by atoms with Gasteiger partial charge in [0, 0.05) is 18.8 Å². The maximum atomic E-state index is 12.7. The van der Waals surface area contributed by atoms with Crippen LogP contribution in [0.25, 0.3) is 0 Å². The van der Waals surface area contributed by atoms with E-state index in [1.165, 1.54) is 0 Å². The minimum atomic E-state index is -1.39. The van der Waals surface area contributed by atoms with Crippen LogP contribution in [0.5, 0.6) is 0 Å². The van der Waals surface area contributed by atoms with Crippen LogP contribution in [0, 0.1) is 11.3 Å². The second kappa shape index (κ2) is 6.75. The third-order valence-corrected chi connectivity index (χ3v) is 5.41. The average Bonchev–Trinajstić information content (AvgIpc) is 3.17. The van der Waals surface area contributed by atoms with Crippen LogP contribution in [0.3, 0.4) is 0 Å². The highest BCUT2D eigenvalue weighted by Gasteiger charge is 2.56. The quantitative estimate of drug-likeness (QED) is 0.572.